The highest BCUT2D eigenvalue weighted by atomic mass is 32.1. The van der Waals surface area contributed by atoms with Gasteiger partial charge in [-0.2, -0.15) is 0 Å². The number of halogens is 1. The lowest BCUT2D eigenvalue weighted by molar-refractivity contribution is -0.150. The lowest BCUT2D eigenvalue weighted by Gasteiger charge is -2.29. The lowest BCUT2D eigenvalue weighted by atomic mass is 9.84. The number of amides is 1. The first-order valence-corrected chi connectivity index (χ1v) is 9.87. The summed E-state index contributed by atoms with van der Waals surface area (Å²) in [6.45, 7) is 7.68. The Morgan fingerprint density at radius 3 is 2.56 bits per heavy atom. The number of Topliss-reactive ketones (excluding diaryl/α,β-unsaturated/α-hetero) is 1. The van der Waals surface area contributed by atoms with Crippen LogP contribution in [0.3, 0.4) is 0 Å². The number of ketones is 1. The SMILES string of the molecule is CCC(C)(C)C(=O)C(=O)N1CCC(C[C@H](C)c2cccc(F)c2)C1C(=O)S. The van der Waals surface area contributed by atoms with E-state index >= 15 is 0 Å². The second kappa shape index (κ2) is 8.55. The van der Waals surface area contributed by atoms with Crippen LogP contribution in [0.25, 0.3) is 0 Å². The van der Waals surface area contributed by atoms with E-state index in [9.17, 15) is 18.8 Å². The van der Waals surface area contributed by atoms with Gasteiger partial charge in [-0.1, -0.05) is 39.8 Å². The molecule has 0 aromatic heterocycles. The molecule has 1 aromatic rings. The van der Waals surface area contributed by atoms with E-state index in [1.54, 1.807) is 19.9 Å². The summed E-state index contributed by atoms with van der Waals surface area (Å²) in [6.07, 6.45) is 1.79. The van der Waals surface area contributed by atoms with E-state index in [1.165, 1.54) is 17.0 Å². The van der Waals surface area contributed by atoms with Crippen molar-refractivity contribution in [2.45, 2.75) is 58.9 Å². The van der Waals surface area contributed by atoms with Crippen LogP contribution >= 0.6 is 12.6 Å². The molecule has 1 aliphatic heterocycles. The molecule has 0 saturated carbocycles. The van der Waals surface area contributed by atoms with Gasteiger partial charge in [0.2, 0.25) is 10.9 Å². The molecule has 3 atom stereocenters. The third-order valence-corrected chi connectivity index (χ3v) is 6.07. The summed E-state index contributed by atoms with van der Waals surface area (Å²) in [5, 5.41) is -0.403. The van der Waals surface area contributed by atoms with E-state index in [-0.39, 0.29) is 17.7 Å². The van der Waals surface area contributed by atoms with Crippen LogP contribution in [-0.4, -0.2) is 34.3 Å². The summed E-state index contributed by atoms with van der Waals surface area (Å²) < 4.78 is 13.5. The molecule has 1 heterocycles. The van der Waals surface area contributed by atoms with Crippen molar-refractivity contribution in [2.75, 3.05) is 6.54 Å². The van der Waals surface area contributed by atoms with E-state index in [4.69, 9.17) is 0 Å². The average Bonchev–Trinajstić information content (AvgIpc) is 3.04. The predicted octanol–water partition coefficient (Wildman–Crippen LogP) is 4.00. The summed E-state index contributed by atoms with van der Waals surface area (Å²) in [5.74, 6) is -1.44. The zero-order chi connectivity index (χ0) is 20.4. The molecule has 2 rings (SSSR count). The molecule has 0 aliphatic carbocycles. The average molecular weight is 394 g/mol. The van der Waals surface area contributed by atoms with Crippen molar-refractivity contribution in [3.63, 3.8) is 0 Å². The van der Waals surface area contributed by atoms with E-state index in [2.05, 4.69) is 12.6 Å². The number of hydrogen-bond acceptors (Lipinski definition) is 3. The number of nitrogens with zero attached hydrogens (tertiary/aromatic N) is 1. The summed E-state index contributed by atoms with van der Waals surface area (Å²) in [6, 6.07) is 5.70. The molecule has 1 aromatic carbocycles. The number of likely N-dealkylation sites (tertiary alicyclic amines) is 1. The molecule has 0 radical (unpaired) electrons. The van der Waals surface area contributed by atoms with Crippen LogP contribution in [0.15, 0.2) is 24.3 Å². The van der Waals surface area contributed by atoms with Crippen LogP contribution in [0.5, 0.6) is 0 Å². The topological polar surface area (TPSA) is 54.5 Å². The molecule has 4 nitrogen and oxygen atoms in total. The maximum Gasteiger partial charge on any atom is 0.291 e. The van der Waals surface area contributed by atoms with Gasteiger partial charge in [-0.15, -0.1) is 12.6 Å². The summed E-state index contributed by atoms with van der Waals surface area (Å²) in [5.41, 5.74) is 0.0992. The Morgan fingerprint density at radius 1 is 1.33 bits per heavy atom. The number of carbonyl (C=O) groups is 3. The monoisotopic (exact) mass is 393 g/mol. The van der Waals surface area contributed by atoms with E-state index < -0.39 is 28.3 Å². The van der Waals surface area contributed by atoms with Gasteiger partial charge < -0.3 is 4.90 Å². The minimum atomic E-state index is -0.756. The van der Waals surface area contributed by atoms with Crippen molar-refractivity contribution < 1.29 is 18.8 Å². The van der Waals surface area contributed by atoms with Crippen molar-refractivity contribution in [2.24, 2.45) is 11.3 Å². The summed E-state index contributed by atoms with van der Waals surface area (Å²) in [4.78, 5) is 38.9. The number of hydrogen-bond donors (Lipinski definition) is 1. The fraction of sp³-hybridized carbons (Fsp3) is 0.571. The van der Waals surface area contributed by atoms with Gasteiger partial charge in [0.15, 0.2) is 0 Å². The third kappa shape index (κ3) is 4.78. The van der Waals surface area contributed by atoms with Gasteiger partial charge in [0, 0.05) is 12.0 Å². The van der Waals surface area contributed by atoms with E-state index in [0.29, 0.717) is 25.8 Å². The summed E-state index contributed by atoms with van der Waals surface area (Å²) >= 11 is 3.99. The Bertz CT molecular complexity index is 734. The van der Waals surface area contributed by atoms with Crippen LogP contribution in [0.2, 0.25) is 0 Å². The molecule has 0 spiro atoms. The Labute approximate surface area is 165 Å². The Kier molecular flexibility index (Phi) is 6.84. The molecule has 0 N–H and O–H groups in total. The molecule has 27 heavy (non-hydrogen) atoms. The van der Waals surface area contributed by atoms with Gasteiger partial charge in [-0.3, -0.25) is 14.4 Å². The van der Waals surface area contributed by atoms with Gasteiger partial charge in [0.25, 0.3) is 5.91 Å². The van der Waals surface area contributed by atoms with Crippen molar-refractivity contribution in [3.8, 4) is 0 Å². The highest BCUT2D eigenvalue weighted by Crippen LogP contribution is 2.36. The van der Waals surface area contributed by atoms with Gasteiger partial charge in [0.05, 0.1) is 0 Å². The maximum absolute atomic E-state index is 13.5. The summed E-state index contributed by atoms with van der Waals surface area (Å²) in [7, 11) is 0. The van der Waals surface area contributed by atoms with Gasteiger partial charge in [-0.25, -0.2) is 4.39 Å². The van der Waals surface area contributed by atoms with Crippen molar-refractivity contribution in [1.82, 2.24) is 4.90 Å². The van der Waals surface area contributed by atoms with Gasteiger partial charge >= 0.3 is 0 Å². The molecule has 148 valence electrons. The first-order valence-electron chi connectivity index (χ1n) is 9.42. The fourth-order valence-electron chi connectivity index (χ4n) is 3.65. The molecular formula is C21H28FNO3S. The highest BCUT2D eigenvalue weighted by molar-refractivity contribution is 7.96. The van der Waals surface area contributed by atoms with Crippen molar-refractivity contribution in [3.05, 3.63) is 35.6 Å². The molecule has 2 unspecified atom stereocenters. The zero-order valence-electron chi connectivity index (χ0n) is 16.4. The molecule has 1 fully saturated rings. The fourth-order valence-corrected chi connectivity index (χ4v) is 4.00. The molecule has 6 heteroatoms. The second-order valence-electron chi connectivity index (χ2n) is 8.09. The van der Waals surface area contributed by atoms with Gasteiger partial charge in [0.1, 0.15) is 11.9 Å². The largest absolute Gasteiger partial charge is 0.325 e. The van der Waals surface area contributed by atoms with Crippen LogP contribution in [-0.2, 0) is 14.4 Å². The zero-order valence-corrected chi connectivity index (χ0v) is 17.3. The highest BCUT2D eigenvalue weighted by Gasteiger charge is 2.45. The quantitative estimate of drug-likeness (QED) is 0.563. The van der Waals surface area contributed by atoms with Crippen LogP contribution in [0.1, 0.15) is 58.4 Å². The number of thiol groups is 1. The Hall–Kier alpha value is -1.69. The third-order valence-electron chi connectivity index (χ3n) is 5.80. The molecule has 1 saturated heterocycles. The molecule has 0 bridgehead atoms. The molecule has 1 aliphatic rings. The number of rotatable bonds is 7. The number of carbonyl (C=O) groups excluding carboxylic acids is 3. The van der Waals surface area contributed by atoms with E-state index in [0.717, 1.165) is 5.56 Å². The van der Waals surface area contributed by atoms with Crippen LogP contribution in [0, 0.1) is 17.2 Å². The smallest absolute Gasteiger partial charge is 0.291 e. The molecule has 1 amide bonds. The first kappa shape index (κ1) is 21.6. The maximum atomic E-state index is 13.5. The normalized spacial score (nSPS) is 21.2. The number of benzene rings is 1. The second-order valence-corrected chi connectivity index (χ2v) is 8.53. The van der Waals surface area contributed by atoms with E-state index in [1.807, 2.05) is 19.9 Å². The van der Waals surface area contributed by atoms with Crippen LogP contribution in [0.4, 0.5) is 4.39 Å². The lowest BCUT2D eigenvalue weighted by Crippen LogP contribution is -2.48. The minimum Gasteiger partial charge on any atom is -0.325 e. The predicted molar refractivity (Wildman–Crippen MR) is 106 cm³/mol. The Balaban J connectivity index is 2.17. The van der Waals surface area contributed by atoms with Crippen LogP contribution < -0.4 is 0 Å². The van der Waals surface area contributed by atoms with Crippen molar-refractivity contribution >= 4 is 29.4 Å². The first-order chi connectivity index (χ1) is 12.6. The molecular weight excluding hydrogens is 365 g/mol. The minimum absolute atomic E-state index is 0.0266. The standard InChI is InChI=1S/C21H28FNO3S/c1-5-21(3,4)18(24)19(25)23-10-9-15(17(23)20(26)27)11-13(2)14-7-6-8-16(22)12-14/h6-8,12-13,15,17H,5,9-11H2,1-4H3,(H,26,27)/t13-,15?,17?/m0/s1. The van der Waals surface area contributed by atoms with Crippen molar-refractivity contribution in [1.29, 1.82) is 0 Å². The Morgan fingerprint density at radius 2 is 2.00 bits per heavy atom. The van der Waals surface area contributed by atoms with Gasteiger partial charge in [-0.05, 0) is 48.8 Å².